The number of carboxylic acids is 2. The predicted octanol–water partition coefficient (Wildman–Crippen LogP) is 2.11. The Kier molecular flexibility index (Phi) is 5.30. The maximum absolute atomic E-state index is 11.0. The molecule has 4 aromatic rings. The molecular weight excluding hydrogens is 364 g/mol. The van der Waals surface area contributed by atoms with Crippen LogP contribution in [-0.2, 0) is 9.59 Å². The number of nitrogens with one attached hydrogen (secondary N) is 1. The lowest BCUT2D eigenvalue weighted by molar-refractivity contribution is -0.147. The molecule has 2 aromatic heterocycles. The van der Waals surface area contributed by atoms with Gasteiger partial charge in [-0.1, -0.05) is 17.3 Å². The van der Waals surface area contributed by atoms with E-state index in [4.69, 9.17) is 10.2 Å². The summed E-state index contributed by atoms with van der Waals surface area (Å²) in [6.45, 7) is 4.15. The number of benzene rings is 2. The molecule has 3 N–H and O–H groups in total. The lowest BCUT2D eigenvalue weighted by Gasteiger charge is -2.10. The van der Waals surface area contributed by atoms with Crippen LogP contribution in [0.2, 0.25) is 0 Å². The van der Waals surface area contributed by atoms with Crippen molar-refractivity contribution in [2.45, 2.75) is 26.3 Å². The fourth-order valence-electron chi connectivity index (χ4n) is 2.66. The first-order valence-corrected chi connectivity index (χ1v) is 8.39. The fraction of sp³-hybridized carbons (Fsp3) is 0.222. The fourth-order valence-corrected chi connectivity index (χ4v) is 2.66. The van der Waals surface area contributed by atoms with Gasteiger partial charge in [0.25, 0.3) is 0 Å². The summed E-state index contributed by atoms with van der Waals surface area (Å²) in [7, 11) is 0. The van der Waals surface area contributed by atoms with Crippen LogP contribution in [0.5, 0.6) is 0 Å². The van der Waals surface area contributed by atoms with Crippen LogP contribution >= 0.6 is 0 Å². The number of aromatic nitrogens is 6. The summed E-state index contributed by atoms with van der Waals surface area (Å²) >= 11 is 0. The summed E-state index contributed by atoms with van der Waals surface area (Å²) in [5.74, 6) is -2.44. The summed E-state index contributed by atoms with van der Waals surface area (Å²) in [5.41, 5.74) is 5.42. The minimum absolute atomic E-state index is 0.501. The normalized spacial score (nSPS) is 11.8. The van der Waals surface area contributed by atoms with Gasteiger partial charge in [0, 0.05) is 0 Å². The van der Waals surface area contributed by atoms with E-state index < -0.39 is 24.4 Å². The number of H-pyrrole nitrogens is 1. The number of carboxylic acid groups (broad SMARTS) is 2. The molecule has 0 aliphatic heterocycles. The topological polar surface area (TPSA) is 147 Å². The van der Waals surface area contributed by atoms with Crippen molar-refractivity contribution in [3.8, 4) is 0 Å². The summed E-state index contributed by atoms with van der Waals surface area (Å²) in [6.07, 6.45) is -0.539. The van der Waals surface area contributed by atoms with E-state index in [1.807, 2.05) is 12.1 Å². The minimum atomic E-state index is -1.25. The first-order valence-electron chi connectivity index (χ1n) is 8.39. The maximum atomic E-state index is 11.0. The van der Waals surface area contributed by atoms with Crippen LogP contribution in [0.3, 0.4) is 0 Å². The Bertz CT molecular complexity index is 1110. The van der Waals surface area contributed by atoms with Crippen molar-refractivity contribution in [3.63, 3.8) is 0 Å². The Balaban J connectivity index is 0.000000176. The molecule has 0 aliphatic carbocycles. The smallest absolute Gasteiger partial charge is 0.329 e. The van der Waals surface area contributed by atoms with Crippen LogP contribution in [-0.4, -0.2) is 52.6 Å². The Morgan fingerprint density at radius 2 is 1.64 bits per heavy atom. The van der Waals surface area contributed by atoms with Gasteiger partial charge in [0.1, 0.15) is 16.6 Å². The van der Waals surface area contributed by atoms with E-state index in [2.05, 4.69) is 39.6 Å². The van der Waals surface area contributed by atoms with E-state index >= 15 is 0 Å². The summed E-state index contributed by atoms with van der Waals surface area (Å²) in [4.78, 5) is 21.6. The molecule has 10 nitrogen and oxygen atoms in total. The summed E-state index contributed by atoms with van der Waals surface area (Å²) in [5, 5.41) is 35.7. The summed E-state index contributed by atoms with van der Waals surface area (Å²) in [6, 6.07) is 9.60. The highest BCUT2D eigenvalue weighted by atomic mass is 16.4. The first-order chi connectivity index (χ1) is 13.4. The van der Waals surface area contributed by atoms with E-state index in [0.29, 0.717) is 11.0 Å². The largest absolute Gasteiger partial charge is 0.481 e. The number of hydrogen-bond donors (Lipinski definition) is 3. The van der Waals surface area contributed by atoms with Crippen LogP contribution in [0, 0.1) is 13.8 Å². The van der Waals surface area contributed by atoms with E-state index in [1.54, 1.807) is 24.3 Å². The Hall–Kier alpha value is -3.82. The predicted molar refractivity (Wildman–Crippen MR) is 99.8 cm³/mol. The number of para-hydroxylation sites is 1. The SMILES string of the molecule is Cc1cc2n[nH]nc2cc1C.O=C(O)CC(C(=O)O)n1nnc2ccccc21. The molecular formula is C18H18N6O4. The van der Waals surface area contributed by atoms with Crippen LogP contribution in [0.1, 0.15) is 23.6 Å². The lowest BCUT2D eigenvalue weighted by atomic mass is 10.1. The van der Waals surface area contributed by atoms with Gasteiger partial charge < -0.3 is 10.2 Å². The Morgan fingerprint density at radius 1 is 1.04 bits per heavy atom. The second-order valence-corrected chi connectivity index (χ2v) is 6.22. The minimum Gasteiger partial charge on any atom is -0.481 e. The number of aliphatic carboxylic acids is 2. The molecule has 10 heteroatoms. The zero-order chi connectivity index (χ0) is 20.3. The molecule has 0 saturated carbocycles. The number of aryl methyl sites for hydroxylation is 2. The molecule has 2 heterocycles. The van der Waals surface area contributed by atoms with Crippen molar-refractivity contribution >= 4 is 34.0 Å². The van der Waals surface area contributed by atoms with E-state index in [1.165, 1.54) is 11.1 Å². The monoisotopic (exact) mass is 382 g/mol. The van der Waals surface area contributed by atoms with Crippen molar-refractivity contribution in [2.24, 2.45) is 0 Å². The molecule has 2 aromatic carbocycles. The van der Waals surface area contributed by atoms with E-state index in [9.17, 15) is 9.59 Å². The van der Waals surface area contributed by atoms with Gasteiger partial charge in [-0.15, -0.1) is 5.10 Å². The number of rotatable bonds is 4. The average molecular weight is 382 g/mol. The van der Waals surface area contributed by atoms with Gasteiger partial charge in [0.15, 0.2) is 6.04 Å². The molecule has 1 unspecified atom stereocenters. The molecule has 0 amide bonds. The number of carbonyl (C=O) groups is 2. The molecule has 0 spiro atoms. The molecule has 28 heavy (non-hydrogen) atoms. The molecule has 1 atom stereocenters. The van der Waals surface area contributed by atoms with Gasteiger partial charge in [-0.2, -0.15) is 15.4 Å². The van der Waals surface area contributed by atoms with Crippen molar-refractivity contribution in [1.82, 2.24) is 30.4 Å². The van der Waals surface area contributed by atoms with Crippen LogP contribution in [0.25, 0.3) is 22.1 Å². The number of fused-ring (bicyclic) bond motifs is 2. The lowest BCUT2D eigenvalue weighted by Crippen LogP contribution is -2.23. The highest BCUT2D eigenvalue weighted by Crippen LogP contribution is 2.18. The van der Waals surface area contributed by atoms with Gasteiger partial charge in [0.2, 0.25) is 0 Å². The summed E-state index contributed by atoms with van der Waals surface area (Å²) < 4.78 is 1.12. The van der Waals surface area contributed by atoms with Crippen LogP contribution in [0.15, 0.2) is 36.4 Å². The van der Waals surface area contributed by atoms with Crippen molar-refractivity contribution < 1.29 is 19.8 Å². The molecule has 0 saturated heterocycles. The van der Waals surface area contributed by atoms with Gasteiger partial charge in [0.05, 0.1) is 11.9 Å². The van der Waals surface area contributed by atoms with Gasteiger partial charge in [-0.05, 0) is 49.2 Å². The quantitative estimate of drug-likeness (QED) is 0.486. The standard InChI is InChI=1S/C10H9N3O4.C8H9N3/c14-9(15)5-8(10(16)17)13-7-4-2-1-3-6(7)11-12-13;1-5-3-7-8(4-6(5)2)10-11-9-7/h1-4,8H,5H2,(H,14,15)(H,16,17);3-4H,1-2H3,(H,9,10,11). The molecule has 0 bridgehead atoms. The third-order valence-corrected chi connectivity index (χ3v) is 4.26. The molecule has 0 aliphatic rings. The molecule has 0 fully saturated rings. The molecule has 144 valence electrons. The second-order valence-electron chi connectivity index (χ2n) is 6.22. The molecule has 0 radical (unpaired) electrons. The maximum Gasteiger partial charge on any atom is 0.329 e. The Labute approximate surface area is 158 Å². The number of hydrogen-bond acceptors (Lipinski definition) is 6. The highest BCUT2D eigenvalue weighted by Gasteiger charge is 2.25. The second kappa shape index (κ2) is 7.82. The van der Waals surface area contributed by atoms with Crippen LogP contribution in [0.4, 0.5) is 0 Å². The van der Waals surface area contributed by atoms with Crippen LogP contribution < -0.4 is 0 Å². The van der Waals surface area contributed by atoms with Crippen molar-refractivity contribution in [3.05, 3.63) is 47.5 Å². The van der Waals surface area contributed by atoms with Crippen molar-refractivity contribution in [2.75, 3.05) is 0 Å². The third-order valence-electron chi connectivity index (χ3n) is 4.26. The number of aromatic amines is 1. The number of nitrogens with zero attached hydrogens (tertiary/aromatic N) is 5. The zero-order valence-corrected chi connectivity index (χ0v) is 15.2. The first kappa shape index (κ1) is 19.0. The van der Waals surface area contributed by atoms with E-state index in [0.717, 1.165) is 15.7 Å². The zero-order valence-electron chi connectivity index (χ0n) is 15.2. The Morgan fingerprint density at radius 3 is 2.21 bits per heavy atom. The van der Waals surface area contributed by atoms with Gasteiger partial charge in [-0.25, -0.2) is 9.48 Å². The van der Waals surface area contributed by atoms with E-state index in [-0.39, 0.29) is 0 Å². The highest BCUT2D eigenvalue weighted by molar-refractivity contribution is 5.82. The molecule has 4 rings (SSSR count). The third kappa shape index (κ3) is 3.95. The van der Waals surface area contributed by atoms with Crippen molar-refractivity contribution in [1.29, 1.82) is 0 Å². The average Bonchev–Trinajstić information content (AvgIpc) is 3.27. The van der Waals surface area contributed by atoms with Gasteiger partial charge in [-0.3, -0.25) is 4.79 Å². The van der Waals surface area contributed by atoms with Gasteiger partial charge >= 0.3 is 11.9 Å².